The molecule has 21 heavy (non-hydrogen) atoms. The van der Waals surface area contributed by atoms with Crippen molar-refractivity contribution in [1.82, 2.24) is 5.32 Å². The third-order valence-corrected chi connectivity index (χ3v) is 4.06. The number of rotatable bonds is 2. The van der Waals surface area contributed by atoms with Crippen LogP contribution in [0.15, 0.2) is 24.3 Å². The van der Waals surface area contributed by atoms with Crippen LogP contribution in [0.4, 0.5) is 5.69 Å². The van der Waals surface area contributed by atoms with Crippen molar-refractivity contribution >= 4 is 17.5 Å². The van der Waals surface area contributed by atoms with E-state index in [9.17, 15) is 9.59 Å². The largest absolute Gasteiger partial charge is 0.376 e. The summed E-state index contributed by atoms with van der Waals surface area (Å²) in [4.78, 5) is 26.8. The molecule has 112 valence electrons. The molecule has 0 saturated carbocycles. The van der Waals surface area contributed by atoms with Gasteiger partial charge in [-0.2, -0.15) is 0 Å². The number of ether oxygens (including phenoxy) is 1. The van der Waals surface area contributed by atoms with Crippen LogP contribution in [0, 0.1) is 0 Å². The summed E-state index contributed by atoms with van der Waals surface area (Å²) >= 11 is 0. The first-order chi connectivity index (χ1) is 9.99. The van der Waals surface area contributed by atoms with E-state index in [0.717, 1.165) is 19.4 Å². The van der Waals surface area contributed by atoms with Crippen LogP contribution < -0.4 is 10.2 Å². The average Bonchev–Trinajstić information content (AvgIpc) is 2.94. The number of fused-ring (bicyclic) bond motifs is 1. The minimum Gasteiger partial charge on any atom is -0.376 e. The molecule has 3 rings (SSSR count). The van der Waals surface area contributed by atoms with Crippen molar-refractivity contribution < 1.29 is 14.3 Å². The molecule has 2 amide bonds. The van der Waals surface area contributed by atoms with Gasteiger partial charge in [-0.05, 0) is 38.8 Å². The van der Waals surface area contributed by atoms with E-state index in [1.165, 1.54) is 0 Å². The van der Waals surface area contributed by atoms with Gasteiger partial charge in [-0.1, -0.05) is 12.1 Å². The Morgan fingerprint density at radius 2 is 2.10 bits per heavy atom. The summed E-state index contributed by atoms with van der Waals surface area (Å²) in [6.45, 7) is 4.71. The zero-order chi connectivity index (χ0) is 15.0. The van der Waals surface area contributed by atoms with E-state index < -0.39 is 5.54 Å². The third-order valence-electron chi connectivity index (χ3n) is 4.06. The SMILES string of the molecule is CC1(C)NC(=O)c2ccccc2N(CC2CCCO2)C1=O. The molecule has 0 spiro atoms. The van der Waals surface area contributed by atoms with Gasteiger partial charge >= 0.3 is 0 Å². The Balaban J connectivity index is 2.02. The maximum absolute atomic E-state index is 12.8. The lowest BCUT2D eigenvalue weighted by Crippen LogP contribution is -2.55. The second-order valence-electron chi connectivity index (χ2n) is 6.15. The van der Waals surface area contributed by atoms with Crippen molar-refractivity contribution in [2.45, 2.75) is 38.3 Å². The fourth-order valence-electron chi connectivity index (χ4n) is 2.93. The van der Waals surface area contributed by atoms with Gasteiger partial charge in [0.2, 0.25) is 0 Å². The smallest absolute Gasteiger partial charge is 0.254 e. The lowest BCUT2D eigenvalue weighted by molar-refractivity contribution is -0.123. The van der Waals surface area contributed by atoms with Crippen molar-refractivity contribution in [3.8, 4) is 0 Å². The second kappa shape index (κ2) is 5.15. The highest BCUT2D eigenvalue weighted by Crippen LogP contribution is 2.28. The molecule has 2 aliphatic rings. The highest BCUT2D eigenvalue weighted by atomic mass is 16.5. The second-order valence-corrected chi connectivity index (χ2v) is 6.15. The molecule has 1 N–H and O–H groups in total. The highest BCUT2D eigenvalue weighted by Gasteiger charge is 2.40. The van der Waals surface area contributed by atoms with E-state index >= 15 is 0 Å². The van der Waals surface area contributed by atoms with E-state index in [1.807, 2.05) is 18.2 Å². The first-order valence-electron chi connectivity index (χ1n) is 7.34. The molecule has 1 atom stereocenters. The number of hydrogen-bond acceptors (Lipinski definition) is 3. The summed E-state index contributed by atoms with van der Waals surface area (Å²) in [5.74, 6) is -0.310. The first-order valence-corrected chi connectivity index (χ1v) is 7.34. The number of hydrogen-bond donors (Lipinski definition) is 1. The minimum absolute atomic E-state index is 0.0472. The summed E-state index contributed by atoms with van der Waals surface area (Å²) < 4.78 is 5.66. The Kier molecular flexibility index (Phi) is 3.45. The number of nitrogens with one attached hydrogen (secondary N) is 1. The molecule has 2 heterocycles. The summed E-state index contributed by atoms with van der Waals surface area (Å²) in [5, 5.41) is 2.81. The predicted molar refractivity (Wildman–Crippen MR) is 79.3 cm³/mol. The van der Waals surface area contributed by atoms with Crippen LogP contribution in [-0.4, -0.2) is 36.6 Å². The summed E-state index contributed by atoms with van der Waals surface area (Å²) in [5.41, 5.74) is 0.282. The molecular formula is C16H20N2O3. The van der Waals surface area contributed by atoms with Crippen LogP contribution in [-0.2, 0) is 9.53 Å². The van der Waals surface area contributed by atoms with Gasteiger partial charge in [-0.3, -0.25) is 9.59 Å². The van der Waals surface area contributed by atoms with Gasteiger partial charge < -0.3 is 15.0 Å². The zero-order valence-corrected chi connectivity index (χ0v) is 12.4. The van der Waals surface area contributed by atoms with Crippen molar-refractivity contribution in [3.05, 3.63) is 29.8 Å². The van der Waals surface area contributed by atoms with Gasteiger partial charge in [-0.25, -0.2) is 0 Å². The first kappa shape index (κ1) is 14.1. The molecule has 5 heteroatoms. The Morgan fingerprint density at radius 3 is 2.81 bits per heavy atom. The van der Waals surface area contributed by atoms with Crippen LogP contribution in [0.3, 0.4) is 0 Å². The van der Waals surface area contributed by atoms with Crippen molar-refractivity contribution in [3.63, 3.8) is 0 Å². The maximum atomic E-state index is 12.8. The number of carbonyl (C=O) groups is 2. The molecule has 1 unspecified atom stereocenters. The fraction of sp³-hybridized carbons (Fsp3) is 0.500. The number of nitrogens with zero attached hydrogens (tertiary/aromatic N) is 1. The zero-order valence-electron chi connectivity index (χ0n) is 12.4. The Bertz CT molecular complexity index is 577. The number of anilines is 1. The molecule has 0 aromatic heterocycles. The Morgan fingerprint density at radius 1 is 1.33 bits per heavy atom. The average molecular weight is 288 g/mol. The Hall–Kier alpha value is -1.88. The predicted octanol–water partition coefficient (Wildman–Crippen LogP) is 1.72. The van der Waals surface area contributed by atoms with Crippen molar-refractivity contribution in [2.75, 3.05) is 18.1 Å². The van der Waals surface area contributed by atoms with Crippen LogP contribution in [0.2, 0.25) is 0 Å². The fourth-order valence-corrected chi connectivity index (χ4v) is 2.93. The molecule has 5 nitrogen and oxygen atoms in total. The number of benzene rings is 1. The third kappa shape index (κ3) is 2.53. The van der Waals surface area contributed by atoms with E-state index in [2.05, 4.69) is 5.32 Å². The topological polar surface area (TPSA) is 58.6 Å². The van der Waals surface area contributed by atoms with Crippen LogP contribution in [0.5, 0.6) is 0 Å². The summed E-state index contributed by atoms with van der Waals surface area (Å²) in [6.07, 6.45) is 2.02. The molecule has 1 aromatic rings. The number of carbonyl (C=O) groups excluding carboxylic acids is 2. The van der Waals surface area contributed by atoms with E-state index in [4.69, 9.17) is 4.74 Å². The molecule has 0 aliphatic carbocycles. The van der Waals surface area contributed by atoms with Gasteiger partial charge in [0.05, 0.1) is 23.9 Å². The van der Waals surface area contributed by atoms with E-state index in [1.54, 1.807) is 24.8 Å². The van der Waals surface area contributed by atoms with Gasteiger partial charge in [0.25, 0.3) is 11.8 Å². The molecule has 2 aliphatic heterocycles. The van der Waals surface area contributed by atoms with Crippen LogP contribution in [0.1, 0.15) is 37.0 Å². The van der Waals surface area contributed by atoms with E-state index in [-0.39, 0.29) is 17.9 Å². The van der Waals surface area contributed by atoms with Gasteiger partial charge in [-0.15, -0.1) is 0 Å². The van der Waals surface area contributed by atoms with Crippen LogP contribution in [0.25, 0.3) is 0 Å². The molecule has 1 fully saturated rings. The lowest BCUT2D eigenvalue weighted by Gasteiger charge is -2.31. The highest BCUT2D eigenvalue weighted by molar-refractivity contribution is 6.12. The lowest BCUT2D eigenvalue weighted by atomic mass is 10.0. The summed E-state index contributed by atoms with van der Waals surface area (Å²) in [6, 6.07) is 7.23. The molecular weight excluding hydrogens is 268 g/mol. The quantitative estimate of drug-likeness (QED) is 0.901. The monoisotopic (exact) mass is 288 g/mol. The molecule has 1 saturated heterocycles. The minimum atomic E-state index is -0.922. The maximum Gasteiger partial charge on any atom is 0.254 e. The summed E-state index contributed by atoms with van der Waals surface area (Å²) in [7, 11) is 0. The standard InChI is InChI=1S/C16H20N2O3/c1-16(2)15(20)18(10-11-6-5-9-21-11)13-8-4-3-7-12(13)14(19)17-16/h3-4,7-8,11H,5-6,9-10H2,1-2H3,(H,17,19). The molecule has 0 bridgehead atoms. The number of para-hydroxylation sites is 1. The Labute approximate surface area is 124 Å². The van der Waals surface area contributed by atoms with Gasteiger partial charge in [0.1, 0.15) is 5.54 Å². The normalized spacial score (nSPS) is 24.5. The van der Waals surface area contributed by atoms with E-state index in [0.29, 0.717) is 17.8 Å². The van der Waals surface area contributed by atoms with Crippen LogP contribution >= 0.6 is 0 Å². The number of amides is 2. The van der Waals surface area contributed by atoms with Gasteiger partial charge in [0, 0.05) is 6.61 Å². The van der Waals surface area contributed by atoms with Gasteiger partial charge in [0.15, 0.2) is 0 Å². The molecule has 1 aromatic carbocycles. The van der Waals surface area contributed by atoms with Crippen molar-refractivity contribution in [1.29, 1.82) is 0 Å². The molecule has 0 radical (unpaired) electrons. The van der Waals surface area contributed by atoms with Crippen molar-refractivity contribution in [2.24, 2.45) is 0 Å².